The Hall–Kier alpha value is -1.78. The topological polar surface area (TPSA) is 41.1 Å². The summed E-state index contributed by atoms with van der Waals surface area (Å²) in [5.74, 6) is -0.780. The lowest BCUT2D eigenvalue weighted by Crippen LogP contribution is -2.10. The van der Waals surface area contributed by atoms with Crippen molar-refractivity contribution < 1.29 is 9.18 Å². The van der Waals surface area contributed by atoms with E-state index in [2.05, 4.69) is 10.6 Å². The third-order valence-corrected chi connectivity index (χ3v) is 3.34. The number of carbonyl (C=O) groups excluding carboxylic acids is 1. The van der Waals surface area contributed by atoms with E-state index in [0.29, 0.717) is 12.2 Å². The fourth-order valence-corrected chi connectivity index (χ4v) is 2.33. The SMILES string of the molecule is CC(=O)Nc1ccccc1CNc1cc(Cl)c(F)c(Cl)c1. The molecule has 0 aliphatic carbocycles. The summed E-state index contributed by atoms with van der Waals surface area (Å²) < 4.78 is 13.3. The predicted molar refractivity (Wildman–Crippen MR) is 84.5 cm³/mol. The van der Waals surface area contributed by atoms with E-state index in [9.17, 15) is 9.18 Å². The van der Waals surface area contributed by atoms with Crippen molar-refractivity contribution >= 4 is 40.5 Å². The molecule has 0 fully saturated rings. The lowest BCUT2D eigenvalue weighted by molar-refractivity contribution is -0.114. The van der Waals surface area contributed by atoms with Gasteiger partial charge in [-0.05, 0) is 23.8 Å². The van der Waals surface area contributed by atoms with Gasteiger partial charge in [-0.15, -0.1) is 0 Å². The maximum Gasteiger partial charge on any atom is 0.221 e. The normalized spacial score (nSPS) is 10.3. The van der Waals surface area contributed by atoms with Crippen molar-refractivity contribution in [3.8, 4) is 0 Å². The van der Waals surface area contributed by atoms with Crippen LogP contribution in [0, 0.1) is 5.82 Å². The molecule has 0 bridgehead atoms. The Balaban J connectivity index is 2.15. The van der Waals surface area contributed by atoms with Crippen molar-refractivity contribution in [2.45, 2.75) is 13.5 Å². The highest BCUT2D eigenvalue weighted by atomic mass is 35.5. The van der Waals surface area contributed by atoms with Gasteiger partial charge in [0, 0.05) is 24.8 Å². The first-order chi connectivity index (χ1) is 9.97. The number of benzene rings is 2. The van der Waals surface area contributed by atoms with Gasteiger partial charge < -0.3 is 10.6 Å². The zero-order valence-corrected chi connectivity index (χ0v) is 12.7. The molecule has 0 radical (unpaired) electrons. The fourth-order valence-electron chi connectivity index (χ4n) is 1.84. The van der Waals surface area contributed by atoms with Crippen LogP contribution in [0.3, 0.4) is 0 Å². The highest BCUT2D eigenvalue weighted by Gasteiger charge is 2.08. The molecule has 0 atom stereocenters. The minimum absolute atomic E-state index is 0.0415. The van der Waals surface area contributed by atoms with E-state index >= 15 is 0 Å². The average molecular weight is 327 g/mol. The van der Waals surface area contributed by atoms with Gasteiger partial charge in [0.1, 0.15) is 0 Å². The Bertz CT molecular complexity index is 653. The number of amides is 1. The maximum absolute atomic E-state index is 13.3. The molecular formula is C15H13Cl2FN2O. The standard InChI is InChI=1S/C15H13Cl2FN2O/c1-9(21)20-14-5-3-2-4-10(14)8-19-11-6-12(16)15(18)13(17)7-11/h2-7,19H,8H2,1H3,(H,20,21). The summed E-state index contributed by atoms with van der Waals surface area (Å²) in [6.07, 6.45) is 0. The number of anilines is 2. The number of hydrogen-bond acceptors (Lipinski definition) is 2. The zero-order chi connectivity index (χ0) is 15.4. The third-order valence-electron chi connectivity index (χ3n) is 2.79. The van der Waals surface area contributed by atoms with E-state index in [4.69, 9.17) is 23.2 Å². The minimum Gasteiger partial charge on any atom is -0.381 e. The Labute approximate surface area is 132 Å². The zero-order valence-electron chi connectivity index (χ0n) is 11.2. The highest BCUT2D eigenvalue weighted by molar-refractivity contribution is 6.35. The van der Waals surface area contributed by atoms with Gasteiger partial charge in [0.25, 0.3) is 0 Å². The maximum atomic E-state index is 13.3. The molecule has 2 N–H and O–H groups in total. The number of carbonyl (C=O) groups is 1. The molecule has 1 amide bonds. The van der Waals surface area contributed by atoms with Crippen LogP contribution < -0.4 is 10.6 Å². The first-order valence-electron chi connectivity index (χ1n) is 6.21. The van der Waals surface area contributed by atoms with Gasteiger partial charge in [0.05, 0.1) is 10.0 Å². The molecule has 110 valence electrons. The molecule has 0 aliphatic rings. The second-order valence-corrected chi connectivity index (χ2v) is 5.26. The molecule has 2 aromatic rings. The molecule has 21 heavy (non-hydrogen) atoms. The van der Waals surface area contributed by atoms with Gasteiger partial charge in [-0.2, -0.15) is 0 Å². The molecule has 6 heteroatoms. The van der Waals surface area contributed by atoms with E-state index in [1.807, 2.05) is 24.3 Å². The van der Waals surface area contributed by atoms with Crippen LogP contribution in [0.5, 0.6) is 0 Å². The number of rotatable bonds is 4. The minimum atomic E-state index is -0.637. The molecule has 0 heterocycles. The van der Waals surface area contributed by atoms with Gasteiger partial charge >= 0.3 is 0 Å². The van der Waals surface area contributed by atoms with Gasteiger partial charge in [-0.1, -0.05) is 41.4 Å². The van der Waals surface area contributed by atoms with Crippen LogP contribution >= 0.6 is 23.2 Å². The molecule has 2 aromatic carbocycles. The fraction of sp³-hybridized carbons (Fsp3) is 0.133. The van der Waals surface area contributed by atoms with Gasteiger partial charge in [-0.25, -0.2) is 4.39 Å². The third kappa shape index (κ3) is 4.09. The predicted octanol–water partition coefficient (Wildman–Crippen LogP) is 4.70. The largest absolute Gasteiger partial charge is 0.381 e. The lowest BCUT2D eigenvalue weighted by Gasteiger charge is -2.12. The molecule has 0 unspecified atom stereocenters. The summed E-state index contributed by atoms with van der Waals surface area (Å²) in [4.78, 5) is 11.2. The second-order valence-electron chi connectivity index (χ2n) is 4.45. The van der Waals surface area contributed by atoms with E-state index < -0.39 is 5.82 Å². The van der Waals surface area contributed by atoms with Crippen molar-refractivity contribution in [2.24, 2.45) is 0 Å². The molecule has 0 aliphatic heterocycles. The number of para-hydroxylation sites is 1. The van der Waals surface area contributed by atoms with E-state index in [0.717, 1.165) is 11.3 Å². The summed E-state index contributed by atoms with van der Waals surface area (Å²) in [6.45, 7) is 1.89. The summed E-state index contributed by atoms with van der Waals surface area (Å²) in [7, 11) is 0. The second kappa shape index (κ2) is 6.78. The van der Waals surface area contributed by atoms with Crippen LogP contribution in [0.15, 0.2) is 36.4 Å². The van der Waals surface area contributed by atoms with Crippen LogP contribution in [0.25, 0.3) is 0 Å². The highest BCUT2D eigenvalue weighted by Crippen LogP contribution is 2.28. The summed E-state index contributed by atoms with van der Waals surface area (Å²) >= 11 is 11.5. The summed E-state index contributed by atoms with van der Waals surface area (Å²) in [5.41, 5.74) is 2.21. The quantitative estimate of drug-likeness (QED) is 0.799. The van der Waals surface area contributed by atoms with Crippen LogP contribution in [-0.2, 0) is 11.3 Å². The van der Waals surface area contributed by atoms with E-state index in [-0.39, 0.29) is 16.0 Å². The van der Waals surface area contributed by atoms with Crippen molar-refractivity contribution in [2.75, 3.05) is 10.6 Å². The summed E-state index contributed by atoms with van der Waals surface area (Å²) in [5, 5.41) is 5.76. The Morgan fingerprint density at radius 2 is 1.81 bits per heavy atom. The molecule has 2 rings (SSSR count). The lowest BCUT2D eigenvalue weighted by atomic mass is 10.1. The van der Waals surface area contributed by atoms with Crippen LogP contribution in [-0.4, -0.2) is 5.91 Å². The average Bonchev–Trinajstić information content (AvgIpc) is 2.43. The molecular weight excluding hydrogens is 314 g/mol. The summed E-state index contributed by atoms with van der Waals surface area (Å²) in [6, 6.07) is 10.3. The molecule has 3 nitrogen and oxygen atoms in total. The smallest absolute Gasteiger partial charge is 0.221 e. The van der Waals surface area contributed by atoms with Gasteiger partial charge in [0.15, 0.2) is 5.82 Å². The Morgan fingerprint density at radius 3 is 2.43 bits per heavy atom. The van der Waals surface area contributed by atoms with Crippen molar-refractivity contribution in [1.82, 2.24) is 0 Å². The van der Waals surface area contributed by atoms with Crippen LogP contribution in [0.1, 0.15) is 12.5 Å². The number of hydrogen-bond donors (Lipinski definition) is 2. The molecule has 0 spiro atoms. The first kappa shape index (κ1) is 15.6. The molecule has 0 saturated carbocycles. The first-order valence-corrected chi connectivity index (χ1v) is 6.97. The monoisotopic (exact) mass is 326 g/mol. The van der Waals surface area contributed by atoms with Crippen molar-refractivity contribution in [1.29, 1.82) is 0 Å². The number of nitrogens with one attached hydrogen (secondary N) is 2. The van der Waals surface area contributed by atoms with E-state index in [1.165, 1.54) is 19.1 Å². The Morgan fingerprint density at radius 1 is 1.19 bits per heavy atom. The van der Waals surface area contributed by atoms with E-state index in [1.54, 1.807) is 0 Å². The number of halogens is 3. The van der Waals surface area contributed by atoms with Crippen molar-refractivity contribution in [3.63, 3.8) is 0 Å². The van der Waals surface area contributed by atoms with Gasteiger partial charge in [-0.3, -0.25) is 4.79 Å². The van der Waals surface area contributed by atoms with Crippen molar-refractivity contribution in [3.05, 3.63) is 57.8 Å². The van der Waals surface area contributed by atoms with Gasteiger partial charge in [0.2, 0.25) is 5.91 Å². The van der Waals surface area contributed by atoms with Crippen LogP contribution in [0.4, 0.5) is 15.8 Å². The molecule has 0 aromatic heterocycles. The Kier molecular flexibility index (Phi) is 5.04. The molecule has 0 saturated heterocycles. The van der Waals surface area contributed by atoms with Crippen LogP contribution in [0.2, 0.25) is 10.0 Å².